The van der Waals surface area contributed by atoms with Gasteiger partial charge in [-0.05, 0) is 37.3 Å². The molecule has 0 saturated carbocycles. The molecule has 1 fully saturated rings. The molecule has 3 heteroatoms. The zero-order chi connectivity index (χ0) is 12.4. The van der Waals surface area contributed by atoms with Crippen LogP contribution < -0.4 is 5.63 Å². The Morgan fingerprint density at radius 1 is 1.22 bits per heavy atom. The van der Waals surface area contributed by atoms with Crippen molar-refractivity contribution in [2.24, 2.45) is 0 Å². The molecule has 1 aliphatic heterocycles. The van der Waals surface area contributed by atoms with Crippen molar-refractivity contribution in [3.63, 3.8) is 0 Å². The lowest BCUT2D eigenvalue weighted by Gasteiger charge is -2.22. The Morgan fingerprint density at radius 2 is 2.11 bits per heavy atom. The molecule has 1 atom stereocenters. The third-order valence-corrected chi connectivity index (χ3v) is 3.46. The Morgan fingerprint density at radius 3 is 2.94 bits per heavy atom. The fourth-order valence-electron chi connectivity index (χ4n) is 2.56. The van der Waals surface area contributed by atoms with Gasteiger partial charge in [-0.1, -0.05) is 18.2 Å². The van der Waals surface area contributed by atoms with E-state index in [4.69, 9.17) is 9.15 Å². The van der Waals surface area contributed by atoms with Gasteiger partial charge in [-0.2, -0.15) is 0 Å². The minimum Gasteiger partial charge on any atom is -0.423 e. The average Bonchev–Trinajstić information content (AvgIpc) is 2.40. The number of ether oxygens (including phenoxy) is 1. The molecule has 0 bridgehead atoms. The van der Waals surface area contributed by atoms with Crippen molar-refractivity contribution in [3.8, 4) is 0 Å². The summed E-state index contributed by atoms with van der Waals surface area (Å²) in [7, 11) is 0. The van der Waals surface area contributed by atoms with Gasteiger partial charge < -0.3 is 9.15 Å². The smallest absolute Gasteiger partial charge is 0.336 e. The van der Waals surface area contributed by atoms with Gasteiger partial charge in [-0.25, -0.2) is 4.79 Å². The zero-order valence-electron chi connectivity index (χ0n) is 10.2. The van der Waals surface area contributed by atoms with Gasteiger partial charge in [-0.3, -0.25) is 0 Å². The summed E-state index contributed by atoms with van der Waals surface area (Å²) >= 11 is 0. The maximum Gasteiger partial charge on any atom is 0.336 e. The van der Waals surface area contributed by atoms with Crippen LogP contribution in [0.5, 0.6) is 0 Å². The lowest BCUT2D eigenvalue weighted by Crippen LogP contribution is -2.22. The van der Waals surface area contributed by atoms with E-state index in [0.29, 0.717) is 5.58 Å². The quantitative estimate of drug-likeness (QED) is 0.762. The highest BCUT2D eigenvalue weighted by atomic mass is 16.5. The number of fused-ring (bicyclic) bond motifs is 1. The number of rotatable bonds is 2. The number of benzene rings is 1. The van der Waals surface area contributed by atoms with Crippen LogP contribution in [0.1, 0.15) is 24.8 Å². The topological polar surface area (TPSA) is 39.4 Å². The van der Waals surface area contributed by atoms with E-state index in [2.05, 4.69) is 0 Å². The molecule has 2 aromatic rings. The summed E-state index contributed by atoms with van der Waals surface area (Å²) in [4.78, 5) is 11.5. The standard InChI is InChI=1S/C15H16O3/c16-15-10-11(9-12-5-3-4-8-17-12)13-6-1-2-7-14(13)18-15/h1-2,6-7,10,12H,3-5,8-9H2. The molecule has 0 radical (unpaired) electrons. The highest BCUT2D eigenvalue weighted by molar-refractivity contribution is 5.80. The van der Waals surface area contributed by atoms with Crippen molar-refractivity contribution in [3.05, 3.63) is 46.3 Å². The van der Waals surface area contributed by atoms with E-state index in [9.17, 15) is 4.79 Å². The van der Waals surface area contributed by atoms with Gasteiger partial charge >= 0.3 is 5.63 Å². The molecule has 0 spiro atoms. The van der Waals surface area contributed by atoms with Gasteiger partial charge in [0.25, 0.3) is 0 Å². The van der Waals surface area contributed by atoms with Crippen molar-refractivity contribution >= 4 is 11.0 Å². The van der Waals surface area contributed by atoms with E-state index in [1.165, 1.54) is 6.42 Å². The lowest BCUT2D eigenvalue weighted by atomic mass is 9.99. The van der Waals surface area contributed by atoms with E-state index in [1.807, 2.05) is 24.3 Å². The Hall–Kier alpha value is -1.61. The second-order valence-corrected chi connectivity index (χ2v) is 4.78. The van der Waals surface area contributed by atoms with Gasteiger partial charge in [0, 0.05) is 18.1 Å². The number of hydrogen-bond donors (Lipinski definition) is 0. The zero-order valence-corrected chi connectivity index (χ0v) is 10.2. The van der Waals surface area contributed by atoms with Crippen LogP contribution in [0.3, 0.4) is 0 Å². The molecule has 3 nitrogen and oxygen atoms in total. The predicted octanol–water partition coefficient (Wildman–Crippen LogP) is 2.90. The molecule has 1 unspecified atom stereocenters. The monoisotopic (exact) mass is 244 g/mol. The first kappa shape index (κ1) is 11.5. The highest BCUT2D eigenvalue weighted by Crippen LogP contribution is 2.22. The second-order valence-electron chi connectivity index (χ2n) is 4.78. The summed E-state index contributed by atoms with van der Waals surface area (Å²) in [6, 6.07) is 9.28. The van der Waals surface area contributed by atoms with Crippen LogP contribution >= 0.6 is 0 Å². The largest absolute Gasteiger partial charge is 0.423 e. The lowest BCUT2D eigenvalue weighted by molar-refractivity contribution is 0.0169. The maximum atomic E-state index is 11.5. The van der Waals surface area contributed by atoms with Gasteiger partial charge in [-0.15, -0.1) is 0 Å². The van der Waals surface area contributed by atoms with Crippen LogP contribution in [0.15, 0.2) is 39.5 Å². The molecule has 0 aliphatic carbocycles. The minimum atomic E-state index is -0.278. The van der Waals surface area contributed by atoms with Crippen LogP contribution in [0.2, 0.25) is 0 Å². The number of hydrogen-bond acceptors (Lipinski definition) is 3. The van der Waals surface area contributed by atoms with Crippen molar-refractivity contribution in [2.75, 3.05) is 6.61 Å². The van der Waals surface area contributed by atoms with E-state index in [1.54, 1.807) is 6.07 Å². The first-order valence-electron chi connectivity index (χ1n) is 6.46. The van der Waals surface area contributed by atoms with Crippen molar-refractivity contribution in [1.82, 2.24) is 0 Å². The van der Waals surface area contributed by atoms with Gasteiger partial charge in [0.05, 0.1) is 6.10 Å². The van der Waals surface area contributed by atoms with E-state index >= 15 is 0 Å². The van der Waals surface area contributed by atoms with Crippen LogP contribution in [0.4, 0.5) is 0 Å². The van der Waals surface area contributed by atoms with Crippen molar-refractivity contribution in [2.45, 2.75) is 31.8 Å². The van der Waals surface area contributed by atoms with E-state index < -0.39 is 0 Å². The first-order valence-corrected chi connectivity index (χ1v) is 6.46. The van der Waals surface area contributed by atoms with Crippen LogP contribution in [0.25, 0.3) is 11.0 Å². The molecule has 1 aliphatic rings. The summed E-state index contributed by atoms with van der Waals surface area (Å²) in [6.07, 6.45) is 4.47. The minimum absolute atomic E-state index is 0.240. The summed E-state index contributed by atoms with van der Waals surface area (Å²) in [5.41, 5.74) is 1.42. The Labute approximate surface area is 105 Å². The Balaban J connectivity index is 1.97. The average molecular weight is 244 g/mol. The van der Waals surface area contributed by atoms with E-state index in [0.717, 1.165) is 36.8 Å². The summed E-state index contributed by atoms with van der Waals surface area (Å²) in [5, 5.41) is 1.02. The molecular formula is C15H16O3. The molecular weight excluding hydrogens is 228 g/mol. The molecule has 0 N–H and O–H groups in total. The molecule has 1 aromatic heterocycles. The second kappa shape index (κ2) is 4.94. The fourth-order valence-corrected chi connectivity index (χ4v) is 2.56. The third kappa shape index (κ3) is 2.31. The SMILES string of the molecule is O=c1cc(CC2CCCCO2)c2ccccc2o1. The third-order valence-electron chi connectivity index (χ3n) is 3.46. The van der Waals surface area contributed by atoms with Gasteiger partial charge in [0.15, 0.2) is 0 Å². The Kier molecular flexibility index (Phi) is 3.15. The van der Waals surface area contributed by atoms with Crippen molar-refractivity contribution < 1.29 is 9.15 Å². The molecule has 1 aromatic carbocycles. The predicted molar refractivity (Wildman–Crippen MR) is 69.8 cm³/mol. The molecule has 3 rings (SSSR count). The fraction of sp³-hybridized carbons (Fsp3) is 0.400. The molecule has 1 saturated heterocycles. The highest BCUT2D eigenvalue weighted by Gasteiger charge is 2.16. The summed E-state index contributed by atoms with van der Waals surface area (Å²) in [5.74, 6) is 0. The normalized spacial score (nSPS) is 20.1. The molecule has 0 amide bonds. The molecule has 94 valence electrons. The first-order chi connectivity index (χ1) is 8.83. The molecule has 18 heavy (non-hydrogen) atoms. The van der Waals surface area contributed by atoms with Crippen LogP contribution in [-0.2, 0) is 11.2 Å². The van der Waals surface area contributed by atoms with Gasteiger partial charge in [0.1, 0.15) is 5.58 Å². The van der Waals surface area contributed by atoms with Gasteiger partial charge in [0.2, 0.25) is 0 Å². The van der Waals surface area contributed by atoms with Crippen LogP contribution in [0, 0.1) is 0 Å². The maximum absolute atomic E-state index is 11.5. The number of para-hydroxylation sites is 1. The van der Waals surface area contributed by atoms with E-state index in [-0.39, 0.29) is 11.7 Å². The Bertz CT molecular complexity index is 594. The summed E-state index contributed by atoms with van der Waals surface area (Å²) < 4.78 is 10.9. The van der Waals surface area contributed by atoms with Crippen LogP contribution in [-0.4, -0.2) is 12.7 Å². The summed E-state index contributed by atoms with van der Waals surface area (Å²) in [6.45, 7) is 0.837. The van der Waals surface area contributed by atoms with Crippen molar-refractivity contribution in [1.29, 1.82) is 0 Å². The molecule has 2 heterocycles.